The summed E-state index contributed by atoms with van der Waals surface area (Å²) in [7, 11) is 3.16. The van der Waals surface area contributed by atoms with E-state index in [0.29, 0.717) is 29.8 Å². The van der Waals surface area contributed by atoms with Crippen LogP contribution >= 0.6 is 12.4 Å². The van der Waals surface area contributed by atoms with Crippen LogP contribution in [0, 0.1) is 0 Å². The molecule has 22 heavy (non-hydrogen) atoms. The third kappa shape index (κ3) is 4.76. The molecule has 1 fully saturated rings. The van der Waals surface area contributed by atoms with Crippen LogP contribution in [0.2, 0.25) is 0 Å². The number of carbonyl (C=O) groups is 1. The number of halogens is 1. The number of carbonyl (C=O) groups excluding carboxylic acids is 1. The number of rotatable bonds is 5. The molecule has 1 heterocycles. The Bertz CT molecular complexity index is 499. The van der Waals surface area contributed by atoms with Crippen LogP contribution in [-0.4, -0.2) is 57.2 Å². The minimum absolute atomic E-state index is 0. The average molecular weight is 330 g/mol. The van der Waals surface area contributed by atoms with Gasteiger partial charge in [0.15, 0.2) is 11.5 Å². The molecule has 0 spiro atoms. The second kappa shape index (κ2) is 8.82. The third-order valence-corrected chi connectivity index (χ3v) is 3.65. The van der Waals surface area contributed by atoms with Gasteiger partial charge in [-0.1, -0.05) is 0 Å². The average Bonchev–Trinajstić information content (AvgIpc) is 2.49. The second-order valence-corrected chi connectivity index (χ2v) is 5.14. The van der Waals surface area contributed by atoms with Gasteiger partial charge in [0.2, 0.25) is 5.91 Å². The highest BCUT2D eigenvalue weighted by molar-refractivity contribution is 5.92. The van der Waals surface area contributed by atoms with E-state index in [1.165, 1.54) is 0 Å². The molecule has 0 saturated carbocycles. The van der Waals surface area contributed by atoms with Crippen molar-refractivity contribution in [1.82, 2.24) is 10.2 Å². The monoisotopic (exact) mass is 329 g/mol. The van der Waals surface area contributed by atoms with Crippen molar-refractivity contribution in [3.8, 4) is 11.5 Å². The summed E-state index contributed by atoms with van der Waals surface area (Å²) in [4.78, 5) is 14.3. The highest BCUT2D eigenvalue weighted by atomic mass is 35.5. The van der Waals surface area contributed by atoms with Crippen LogP contribution in [0.3, 0.4) is 0 Å². The zero-order chi connectivity index (χ0) is 15.2. The van der Waals surface area contributed by atoms with Gasteiger partial charge in [0.25, 0.3) is 0 Å². The smallest absolute Gasteiger partial charge is 0.238 e. The van der Waals surface area contributed by atoms with Crippen LogP contribution in [0.25, 0.3) is 0 Å². The molecule has 1 atom stereocenters. The first-order valence-corrected chi connectivity index (χ1v) is 7.10. The molecule has 1 aromatic rings. The lowest BCUT2D eigenvalue weighted by Gasteiger charge is -2.33. The molecule has 1 aromatic carbocycles. The van der Waals surface area contributed by atoms with Crippen molar-refractivity contribution in [2.24, 2.45) is 0 Å². The topological polar surface area (TPSA) is 62.8 Å². The number of nitrogens with zero attached hydrogens (tertiary/aromatic N) is 1. The summed E-state index contributed by atoms with van der Waals surface area (Å²) in [6.07, 6.45) is 0. The maximum Gasteiger partial charge on any atom is 0.238 e. The third-order valence-electron chi connectivity index (χ3n) is 3.65. The zero-order valence-electron chi connectivity index (χ0n) is 13.2. The molecule has 1 aliphatic heterocycles. The van der Waals surface area contributed by atoms with Crippen molar-refractivity contribution in [2.75, 3.05) is 45.7 Å². The molecule has 1 aliphatic rings. The Balaban J connectivity index is 0.00000242. The van der Waals surface area contributed by atoms with E-state index in [-0.39, 0.29) is 18.3 Å². The summed E-state index contributed by atoms with van der Waals surface area (Å²) in [6, 6.07) is 5.72. The number of benzene rings is 1. The molecule has 0 radical (unpaired) electrons. The number of nitrogens with one attached hydrogen (secondary N) is 2. The van der Waals surface area contributed by atoms with Gasteiger partial charge in [0.05, 0.1) is 20.8 Å². The van der Waals surface area contributed by atoms with Gasteiger partial charge in [0, 0.05) is 37.4 Å². The lowest BCUT2D eigenvalue weighted by Crippen LogP contribution is -2.51. The summed E-state index contributed by atoms with van der Waals surface area (Å²) in [5, 5.41) is 6.21. The predicted octanol–water partition coefficient (Wildman–Crippen LogP) is 1.36. The Morgan fingerprint density at radius 3 is 2.73 bits per heavy atom. The first-order chi connectivity index (χ1) is 10.1. The van der Waals surface area contributed by atoms with Gasteiger partial charge in [-0.05, 0) is 19.1 Å². The normalized spacial score (nSPS) is 18.2. The number of hydrogen-bond donors (Lipinski definition) is 2. The first kappa shape index (κ1) is 18.5. The van der Waals surface area contributed by atoms with E-state index in [1.54, 1.807) is 32.4 Å². The summed E-state index contributed by atoms with van der Waals surface area (Å²) in [5.74, 6) is 1.23. The van der Waals surface area contributed by atoms with E-state index in [9.17, 15) is 4.79 Å². The van der Waals surface area contributed by atoms with Crippen LogP contribution in [0.4, 0.5) is 5.69 Å². The minimum Gasteiger partial charge on any atom is -0.493 e. The fourth-order valence-electron chi connectivity index (χ4n) is 2.42. The van der Waals surface area contributed by atoms with E-state index < -0.39 is 0 Å². The standard InChI is InChI=1S/C15H23N3O3.ClH/c1-11-9-16-6-7-18(11)10-15(19)17-12-4-5-13(20-2)14(8-12)21-3;/h4-5,8,11,16H,6-7,9-10H2,1-3H3,(H,17,19);1H/t11-;/m1./s1. The van der Waals surface area contributed by atoms with E-state index in [4.69, 9.17) is 9.47 Å². The summed E-state index contributed by atoms with van der Waals surface area (Å²) >= 11 is 0. The van der Waals surface area contributed by atoms with Crippen LogP contribution in [0.15, 0.2) is 18.2 Å². The molecule has 2 rings (SSSR count). The second-order valence-electron chi connectivity index (χ2n) is 5.14. The Hall–Kier alpha value is -1.50. The van der Waals surface area contributed by atoms with Crippen molar-refractivity contribution in [3.63, 3.8) is 0 Å². The number of piperazine rings is 1. The lowest BCUT2D eigenvalue weighted by atomic mass is 10.2. The Labute approximate surface area is 137 Å². The summed E-state index contributed by atoms with van der Waals surface area (Å²) in [5.41, 5.74) is 0.709. The molecule has 1 saturated heterocycles. The Morgan fingerprint density at radius 1 is 1.36 bits per heavy atom. The van der Waals surface area contributed by atoms with Crippen LogP contribution < -0.4 is 20.1 Å². The SMILES string of the molecule is COc1ccc(NC(=O)CN2CCNC[C@H]2C)cc1OC.Cl. The molecular formula is C15H24ClN3O3. The molecule has 124 valence electrons. The van der Waals surface area contributed by atoms with Crippen molar-refractivity contribution >= 4 is 24.0 Å². The predicted molar refractivity (Wildman–Crippen MR) is 89.3 cm³/mol. The quantitative estimate of drug-likeness (QED) is 0.854. The number of methoxy groups -OCH3 is 2. The van der Waals surface area contributed by atoms with Crippen LogP contribution in [0.5, 0.6) is 11.5 Å². The molecular weight excluding hydrogens is 306 g/mol. The van der Waals surface area contributed by atoms with Gasteiger partial charge in [0.1, 0.15) is 0 Å². The lowest BCUT2D eigenvalue weighted by molar-refractivity contribution is -0.118. The molecule has 6 nitrogen and oxygen atoms in total. The van der Waals surface area contributed by atoms with Crippen molar-refractivity contribution in [3.05, 3.63) is 18.2 Å². The fourth-order valence-corrected chi connectivity index (χ4v) is 2.42. The molecule has 0 unspecified atom stereocenters. The van der Waals surface area contributed by atoms with Crippen molar-refractivity contribution in [1.29, 1.82) is 0 Å². The molecule has 0 aromatic heterocycles. The van der Waals surface area contributed by atoms with Gasteiger partial charge in [-0.2, -0.15) is 0 Å². The summed E-state index contributed by atoms with van der Waals surface area (Å²) in [6.45, 7) is 5.26. The van der Waals surface area contributed by atoms with Crippen LogP contribution in [0.1, 0.15) is 6.92 Å². The largest absolute Gasteiger partial charge is 0.493 e. The maximum absolute atomic E-state index is 12.1. The van der Waals surface area contributed by atoms with Gasteiger partial charge >= 0.3 is 0 Å². The fraction of sp³-hybridized carbons (Fsp3) is 0.533. The molecule has 7 heteroatoms. The highest BCUT2D eigenvalue weighted by Crippen LogP contribution is 2.29. The van der Waals surface area contributed by atoms with Gasteiger partial charge in [-0.15, -0.1) is 12.4 Å². The van der Waals surface area contributed by atoms with Crippen LogP contribution in [-0.2, 0) is 4.79 Å². The molecule has 0 bridgehead atoms. The van der Waals surface area contributed by atoms with E-state index >= 15 is 0 Å². The Kier molecular flexibility index (Phi) is 7.44. The maximum atomic E-state index is 12.1. The number of hydrogen-bond acceptors (Lipinski definition) is 5. The zero-order valence-corrected chi connectivity index (χ0v) is 14.0. The van der Waals surface area contributed by atoms with Crippen molar-refractivity contribution in [2.45, 2.75) is 13.0 Å². The number of anilines is 1. The van der Waals surface area contributed by atoms with E-state index in [0.717, 1.165) is 19.6 Å². The van der Waals surface area contributed by atoms with Gasteiger partial charge in [-0.25, -0.2) is 0 Å². The summed E-state index contributed by atoms with van der Waals surface area (Å²) < 4.78 is 10.4. The van der Waals surface area contributed by atoms with Gasteiger partial charge < -0.3 is 20.1 Å². The van der Waals surface area contributed by atoms with Gasteiger partial charge in [-0.3, -0.25) is 9.69 Å². The highest BCUT2D eigenvalue weighted by Gasteiger charge is 2.20. The van der Waals surface area contributed by atoms with E-state index in [1.807, 2.05) is 0 Å². The molecule has 0 aliphatic carbocycles. The van der Waals surface area contributed by atoms with E-state index in [2.05, 4.69) is 22.5 Å². The Morgan fingerprint density at radius 2 is 2.09 bits per heavy atom. The first-order valence-electron chi connectivity index (χ1n) is 7.10. The number of ether oxygens (including phenoxy) is 2. The minimum atomic E-state index is -0.0176. The van der Waals surface area contributed by atoms with Crippen molar-refractivity contribution < 1.29 is 14.3 Å². The molecule has 2 N–H and O–H groups in total. The molecule has 1 amide bonds. The number of amides is 1.